The minimum atomic E-state index is -1.74. The van der Waals surface area contributed by atoms with Crippen molar-refractivity contribution >= 4 is 11.8 Å². The first-order valence-corrected chi connectivity index (χ1v) is 8.48. The molecule has 27 heavy (non-hydrogen) atoms. The third-order valence-corrected chi connectivity index (χ3v) is 5.13. The number of hydrogen-bond donors (Lipinski definition) is 0. The molecule has 2 aliphatic rings. The number of nitrogens with zero attached hydrogens (tertiary/aromatic N) is 3. The third-order valence-electron chi connectivity index (χ3n) is 5.13. The molecule has 8 nitrogen and oxygen atoms in total. The van der Waals surface area contributed by atoms with Gasteiger partial charge in [0.2, 0.25) is 6.23 Å². The fourth-order valence-corrected chi connectivity index (χ4v) is 3.83. The minimum Gasteiger partial charge on any atom is -0.443 e. The number of carbonyl (C=O) groups excluding carboxylic acids is 1. The molecular weight excluding hydrogens is 350 g/mol. The Balaban J connectivity index is 2.28. The number of nitro groups is 1. The quantitative estimate of drug-likeness (QED) is 0.448. The van der Waals surface area contributed by atoms with Gasteiger partial charge in [-0.25, -0.2) is 9.69 Å². The van der Waals surface area contributed by atoms with Crippen molar-refractivity contribution in [2.45, 2.75) is 45.1 Å². The Hall–Kier alpha value is -2.92. The first-order chi connectivity index (χ1) is 12.5. The molecule has 142 valence electrons. The molecule has 1 aromatic carbocycles. The number of fused-ring (bicyclic) bond motifs is 3. The average molecular weight is 371 g/mol. The molecule has 0 spiro atoms. The van der Waals surface area contributed by atoms with Crippen molar-refractivity contribution in [3.63, 3.8) is 0 Å². The number of rotatable bonds is 2. The van der Waals surface area contributed by atoms with Crippen molar-refractivity contribution in [3.05, 3.63) is 52.1 Å². The van der Waals surface area contributed by atoms with Crippen LogP contribution in [0.3, 0.4) is 0 Å². The van der Waals surface area contributed by atoms with E-state index < -0.39 is 33.8 Å². The Labute approximate surface area is 157 Å². The van der Waals surface area contributed by atoms with E-state index in [1.807, 2.05) is 6.07 Å². The molecule has 1 aromatic rings. The van der Waals surface area contributed by atoms with Crippen molar-refractivity contribution in [1.29, 1.82) is 5.26 Å². The second-order valence-corrected chi connectivity index (χ2v) is 8.00. The van der Waals surface area contributed by atoms with E-state index in [1.54, 1.807) is 27.7 Å². The number of hydrogen-bond acceptors (Lipinski definition) is 6. The lowest BCUT2D eigenvalue weighted by Gasteiger charge is -2.32. The predicted molar refractivity (Wildman–Crippen MR) is 96.6 cm³/mol. The summed E-state index contributed by atoms with van der Waals surface area (Å²) in [6.07, 6.45) is -0.466. The summed E-state index contributed by atoms with van der Waals surface area (Å²) < 4.78 is 11.2. The Bertz CT molecular complexity index is 884. The van der Waals surface area contributed by atoms with Gasteiger partial charge in [0.25, 0.3) is 0 Å². The second-order valence-electron chi connectivity index (χ2n) is 8.00. The smallest absolute Gasteiger partial charge is 0.417 e. The molecular formula is C19H21N3O5. The average Bonchev–Trinajstić information content (AvgIpc) is 3.04. The van der Waals surface area contributed by atoms with E-state index in [0.29, 0.717) is 5.56 Å². The van der Waals surface area contributed by atoms with Crippen LogP contribution in [0.4, 0.5) is 10.5 Å². The highest BCUT2D eigenvalue weighted by Gasteiger charge is 2.76. The van der Waals surface area contributed by atoms with Gasteiger partial charge in [0.1, 0.15) is 5.60 Å². The molecule has 1 saturated heterocycles. The van der Waals surface area contributed by atoms with Crippen LogP contribution in [-0.4, -0.2) is 29.5 Å². The molecule has 0 unspecified atom stereocenters. The fraction of sp³-hybridized carbons (Fsp3) is 0.474. The highest BCUT2D eigenvalue weighted by molar-refractivity contribution is 5.93. The predicted octanol–water partition coefficient (Wildman–Crippen LogP) is 3.33. The molecule has 3 atom stereocenters. The zero-order chi connectivity index (χ0) is 20.2. The fourth-order valence-electron chi connectivity index (χ4n) is 3.83. The summed E-state index contributed by atoms with van der Waals surface area (Å²) in [4.78, 5) is 26.0. The Morgan fingerprint density at radius 1 is 1.56 bits per heavy atom. The van der Waals surface area contributed by atoms with Gasteiger partial charge in [0.05, 0.1) is 34.9 Å². The van der Waals surface area contributed by atoms with Gasteiger partial charge in [-0.1, -0.05) is 6.08 Å². The maximum atomic E-state index is 12.9. The van der Waals surface area contributed by atoms with Gasteiger partial charge in [0.15, 0.2) is 0 Å². The Morgan fingerprint density at radius 2 is 2.22 bits per heavy atom. The van der Waals surface area contributed by atoms with Gasteiger partial charge in [-0.3, -0.25) is 10.1 Å². The zero-order valence-corrected chi connectivity index (χ0v) is 15.7. The van der Waals surface area contributed by atoms with Gasteiger partial charge < -0.3 is 9.47 Å². The van der Waals surface area contributed by atoms with Crippen LogP contribution >= 0.6 is 0 Å². The van der Waals surface area contributed by atoms with Crippen molar-refractivity contribution in [1.82, 2.24) is 0 Å². The number of amides is 1. The molecule has 1 amide bonds. The Morgan fingerprint density at radius 3 is 2.74 bits per heavy atom. The van der Waals surface area contributed by atoms with E-state index in [0.717, 1.165) is 4.90 Å². The zero-order valence-electron chi connectivity index (χ0n) is 15.7. The van der Waals surface area contributed by atoms with Gasteiger partial charge in [-0.2, -0.15) is 5.26 Å². The molecule has 0 aromatic heterocycles. The van der Waals surface area contributed by atoms with Gasteiger partial charge in [-0.15, -0.1) is 6.58 Å². The lowest BCUT2D eigenvalue weighted by Crippen LogP contribution is -2.55. The first kappa shape index (κ1) is 18.9. The molecule has 0 saturated carbocycles. The normalized spacial score (nSPS) is 28.9. The molecule has 0 aliphatic carbocycles. The molecule has 2 heterocycles. The maximum Gasteiger partial charge on any atom is 0.417 e. The lowest BCUT2D eigenvalue weighted by atomic mass is 9.69. The third kappa shape index (κ3) is 2.42. The summed E-state index contributed by atoms with van der Waals surface area (Å²) in [5.41, 5.74) is -2.76. The summed E-state index contributed by atoms with van der Waals surface area (Å²) >= 11 is 0. The van der Waals surface area contributed by atoms with Crippen LogP contribution in [-0.2, 0) is 15.0 Å². The summed E-state index contributed by atoms with van der Waals surface area (Å²) in [5, 5.41) is 21.6. The van der Waals surface area contributed by atoms with E-state index in [9.17, 15) is 20.2 Å². The van der Waals surface area contributed by atoms with Crippen molar-refractivity contribution < 1.29 is 19.2 Å². The summed E-state index contributed by atoms with van der Waals surface area (Å²) in [5.74, 6) is 0. The SMILES string of the molecule is C=C[C@@]1(C)CO[C@H]2N(C(=O)OC(C)(C)C)c3cc(C#N)ccc3[C@]21[N+](=O)[O-]. The highest BCUT2D eigenvalue weighted by Crippen LogP contribution is 2.60. The van der Waals surface area contributed by atoms with Gasteiger partial charge >= 0.3 is 11.6 Å². The summed E-state index contributed by atoms with van der Waals surface area (Å²) in [6, 6.07) is 6.47. The molecule has 8 heteroatoms. The molecule has 0 radical (unpaired) electrons. The van der Waals surface area contributed by atoms with E-state index in [4.69, 9.17) is 9.47 Å². The van der Waals surface area contributed by atoms with Crippen molar-refractivity contribution in [2.75, 3.05) is 11.5 Å². The van der Waals surface area contributed by atoms with Crippen LogP contribution in [0, 0.1) is 26.9 Å². The van der Waals surface area contributed by atoms with Crippen LogP contribution in [0.2, 0.25) is 0 Å². The topological polar surface area (TPSA) is 106 Å². The number of nitriles is 1. The van der Waals surface area contributed by atoms with Crippen molar-refractivity contribution in [2.24, 2.45) is 5.41 Å². The van der Waals surface area contributed by atoms with Gasteiger partial charge in [-0.05, 0) is 45.9 Å². The first-order valence-electron chi connectivity index (χ1n) is 8.48. The minimum absolute atomic E-state index is 0.0287. The largest absolute Gasteiger partial charge is 0.443 e. The van der Waals surface area contributed by atoms with Gasteiger partial charge in [0, 0.05) is 4.92 Å². The van der Waals surface area contributed by atoms with E-state index in [-0.39, 0.29) is 17.9 Å². The number of benzene rings is 1. The number of carbonyl (C=O) groups is 1. The van der Waals surface area contributed by atoms with Crippen LogP contribution < -0.4 is 4.90 Å². The van der Waals surface area contributed by atoms with Crippen LogP contribution in [0.1, 0.15) is 38.8 Å². The second kappa shape index (κ2) is 5.79. The molecule has 0 bridgehead atoms. The lowest BCUT2D eigenvalue weighted by molar-refractivity contribution is -0.597. The molecule has 1 fully saturated rings. The number of ether oxygens (including phenoxy) is 2. The van der Waals surface area contributed by atoms with Crippen LogP contribution in [0.5, 0.6) is 0 Å². The van der Waals surface area contributed by atoms with Crippen LogP contribution in [0.25, 0.3) is 0 Å². The van der Waals surface area contributed by atoms with E-state index in [1.165, 1.54) is 24.3 Å². The number of anilines is 1. The van der Waals surface area contributed by atoms with Crippen LogP contribution in [0.15, 0.2) is 30.9 Å². The Kier molecular flexibility index (Phi) is 4.04. The molecule has 0 N–H and O–H groups in total. The summed E-state index contributed by atoms with van der Waals surface area (Å²) in [6.45, 7) is 10.6. The van der Waals surface area contributed by atoms with E-state index in [2.05, 4.69) is 6.58 Å². The summed E-state index contributed by atoms with van der Waals surface area (Å²) in [7, 11) is 0. The molecule has 3 rings (SSSR count). The monoisotopic (exact) mass is 371 g/mol. The standard InChI is InChI=1S/C19H21N3O5/c1-6-18(5)11-26-15-19(18,22(24)25)13-8-7-12(10-20)9-14(13)21(15)16(23)27-17(2,3)4/h6-9,15H,1,11H2,2-5H3/t15-,18+,19+/m1/s1. The molecule has 2 aliphatic heterocycles. The van der Waals surface area contributed by atoms with E-state index >= 15 is 0 Å². The van der Waals surface area contributed by atoms with Crippen molar-refractivity contribution in [3.8, 4) is 6.07 Å². The highest BCUT2D eigenvalue weighted by atomic mass is 16.6. The maximum absolute atomic E-state index is 12.9.